The van der Waals surface area contributed by atoms with E-state index in [0.717, 1.165) is 33.6 Å². The smallest absolute Gasteiger partial charge is 0.338 e. The molecule has 0 aliphatic carbocycles. The lowest BCUT2D eigenvalue weighted by molar-refractivity contribution is -0.123. The largest absolute Gasteiger partial charge is 0.449 e. The molecule has 0 aliphatic heterocycles. The van der Waals surface area contributed by atoms with E-state index in [-0.39, 0.29) is 0 Å². The third kappa shape index (κ3) is 6.33. The molecule has 1 N–H and O–H groups in total. The molecule has 5 rings (SSSR count). The van der Waals surface area contributed by atoms with Gasteiger partial charge in [-0.2, -0.15) is 0 Å². The number of carbonyl (C=O) groups is 2. The first kappa shape index (κ1) is 27.7. The van der Waals surface area contributed by atoms with Crippen molar-refractivity contribution in [2.75, 3.05) is 5.32 Å². The summed E-state index contributed by atoms with van der Waals surface area (Å²) in [6, 6.07) is 29.0. The molecule has 0 spiro atoms. The van der Waals surface area contributed by atoms with E-state index in [9.17, 15) is 9.59 Å². The maximum absolute atomic E-state index is 13.0. The third-order valence-electron chi connectivity index (χ3n) is 7.05. The number of aryl methyl sites for hydroxylation is 2. The molecular formula is C35H33N3O3. The van der Waals surface area contributed by atoms with Crippen molar-refractivity contribution in [1.82, 2.24) is 9.97 Å². The van der Waals surface area contributed by atoms with Crippen LogP contribution in [-0.4, -0.2) is 27.9 Å². The highest BCUT2D eigenvalue weighted by Crippen LogP contribution is 2.32. The van der Waals surface area contributed by atoms with Crippen LogP contribution in [-0.2, 0) is 9.53 Å². The number of hydrogen-bond donors (Lipinski definition) is 1. The van der Waals surface area contributed by atoms with Crippen LogP contribution in [0.5, 0.6) is 0 Å². The molecule has 0 fully saturated rings. The number of esters is 1. The molecule has 0 saturated heterocycles. The van der Waals surface area contributed by atoms with Crippen LogP contribution in [0.25, 0.3) is 33.5 Å². The minimum atomic E-state index is -0.985. The molecule has 4 aromatic carbocycles. The van der Waals surface area contributed by atoms with Crippen LogP contribution in [0.2, 0.25) is 0 Å². The van der Waals surface area contributed by atoms with Crippen LogP contribution in [0, 0.1) is 13.8 Å². The number of amides is 1. The molecule has 6 heteroatoms. The SMILES string of the molecule is Cc1ccc(-c2nc3ccc(C(=O)OC(C)C(=O)Nc4ccc(C(C)C)cc4)cc3nc2-c2ccc(C)cc2)cc1. The van der Waals surface area contributed by atoms with Crippen LogP contribution in [0.15, 0.2) is 91.0 Å². The van der Waals surface area contributed by atoms with Crippen LogP contribution >= 0.6 is 0 Å². The first-order chi connectivity index (χ1) is 19.7. The van der Waals surface area contributed by atoms with Crippen LogP contribution < -0.4 is 5.32 Å². The summed E-state index contributed by atoms with van der Waals surface area (Å²) in [5.74, 6) is -0.611. The molecule has 0 radical (unpaired) electrons. The van der Waals surface area contributed by atoms with Gasteiger partial charge in [0.25, 0.3) is 5.91 Å². The lowest BCUT2D eigenvalue weighted by atomic mass is 10.0. The highest BCUT2D eigenvalue weighted by molar-refractivity contribution is 5.99. The van der Waals surface area contributed by atoms with Crippen molar-refractivity contribution >= 4 is 28.6 Å². The van der Waals surface area contributed by atoms with Gasteiger partial charge in [-0.15, -0.1) is 0 Å². The topological polar surface area (TPSA) is 81.2 Å². The summed E-state index contributed by atoms with van der Waals surface area (Å²) >= 11 is 0. The fourth-order valence-electron chi connectivity index (χ4n) is 4.48. The summed E-state index contributed by atoms with van der Waals surface area (Å²) in [5, 5.41) is 2.81. The molecule has 1 amide bonds. The van der Waals surface area contributed by atoms with Gasteiger partial charge in [-0.1, -0.05) is 85.6 Å². The summed E-state index contributed by atoms with van der Waals surface area (Å²) in [4.78, 5) is 35.7. The zero-order valence-corrected chi connectivity index (χ0v) is 23.9. The number of rotatable bonds is 7. The Bertz CT molecular complexity index is 1710. The Kier molecular flexibility index (Phi) is 7.92. The first-order valence-electron chi connectivity index (χ1n) is 13.8. The van der Waals surface area contributed by atoms with E-state index >= 15 is 0 Å². The Morgan fingerprint density at radius 3 is 1.76 bits per heavy atom. The lowest BCUT2D eigenvalue weighted by Gasteiger charge is -2.15. The van der Waals surface area contributed by atoms with Crippen molar-refractivity contribution in [3.05, 3.63) is 113 Å². The van der Waals surface area contributed by atoms with E-state index in [1.165, 1.54) is 5.56 Å². The molecule has 6 nitrogen and oxygen atoms in total. The van der Waals surface area contributed by atoms with E-state index in [4.69, 9.17) is 14.7 Å². The number of hydrogen-bond acceptors (Lipinski definition) is 5. The van der Waals surface area contributed by atoms with Gasteiger partial charge < -0.3 is 10.1 Å². The maximum Gasteiger partial charge on any atom is 0.338 e. The van der Waals surface area contributed by atoms with Gasteiger partial charge in [-0.05, 0) is 62.6 Å². The quantitative estimate of drug-likeness (QED) is 0.211. The summed E-state index contributed by atoms with van der Waals surface area (Å²) in [5.41, 5.74) is 9.04. The second-order valence-corrected chi connectivity index (χ2v) is 10.7. The first-order valence-corrected chi connectivity index (χ1v) is 13.8. The average Bonchev–Trinajstić information content (AvgIpc) is 2.97. The Morgan fingerprint density at radius 2 is 1.22 bits per heavy atom. The minimum absolute atomic E-state index is 0.297. The number of fused-ring (bicyclic) bond motifs is 1. The summed E-state index contributed by atoms with van der Waals surface area (Å²) in [6.45, 7) is 9.86. The number of nitrogens with one attached hydrogen (secondary N) is 1. The van der Waals surface area contributed by atoms with E-state index in [1.807, 2.05) is 74.5 Å². The molecule has 1 unspecified atom stereocenters. The maximum atomic E-state index is 13.0. The van der Waals surface area contributed by atoms with E-state index in [0.29, 0.717) is 28.2 Å². The molecule has 1 heterocycles. The van der Waals surface area contributed by atoms with Gasteiger partial charge in [0.15, 0.2) is 6.10 Å². The second kappa shape index (κ2) is 11.7. The van der Waals surface area contributed by atoms with Gasteiger partial charge in [-0.25, -0.2) is 14.8 Å². The molecule has 0 saturated carbocycles. The standard InChI is InChI=1S/C35H33N3O3/c1-21(2)25-14-17-29(18-15-25)36-34(39)24(5)41-35(40)28-16-19-30-31(20-28)38-33(27-12-8-23(4)9-13-27)32(37-30)26-10-6-22(3)7-11-26/h6-21,24H,1-5H3,(H,36,39). The average molecular weight is 544 g/mol. The number of anilines is 1. The van der Waals surface area contributed by atoms with Gasteiger partial charge in [0.2, 0.25) is 0 Å². The highest BCUT2D eigenvalue weighted by Gasteiger charge is 2.21. The monoisotopic (exact) mass is 543 g/mol. The van der Waals surface area contributed by atoms with Gasteiger partial charge in [0, 0.05) is 16.8 Å². The summed E-state index contributed by atoms with van der Waals surface area (Å²) in [7, 11) is 0. The predicted octanol–water partition coefficient (Wildman–Crippen LogP) is 7.89. The van der Waals surface area contributed by atoms with E-state index in [2.05, 4.69) is 31.3 Å². The highest BCUT2D eigenvalue weighted by atomic mass is 16.5. The van der Waals surface area contributed by atoms with Crippen LogP contribution in [0.3, 0.4) is 0 Å². The van der Waals surface area contributed by atoms with Gasteiger partial charge >= 0.3 is 5.97 Å². The van der Waals surface area contributed by atoms with Gasteiger partial charge in [-0.3, -0.25) is 4.79 Å². The number of ether oxygens (including phenoxy) is 1. The Hall–Kier alpha value is -4.84. The van der Waals surface area contributed by atoms with Crippen molar-refractivity contribution in [2.24, 2.45) is 0 Å². The van der Waals surface area contributed by atoms with E-state index < -0.39 is 18.0 Å². The van der Waals surface area contributed by atoms with Gasteiger partial charge in [0.05, 0.1) is 28.0 Å². The molecule has 1 aromatic heterocycles. The number of nitrogens with zero attached hydrogens (tertiary/aromatic N) is 2. The minimum Gasteiger partial charge on any atom is -0.449 e. The Morgan fingerprint density at radius 1 is 0.683 bits per heavy atom. The lowest BCUT2D eigenvalue weighted by Crippen LogP contribution is -2.30. The van der Waals surface area contributed by atoms with Crippen LogP contribution in [0.1, 0.15) is 53.7 Å². The number of benzene rings is 4. The molecule has 0 aliphatic rings. The number of carbonyl (C=O) groups excluding carboxylic acids is 2. The van der Waals surface area contributed by atoms with Crippen molar-refractivity contribution in [2.45, 2.75) is 46.6 Å². The molecular weight excluding hydrogens is 510 g/mol. The third-order valence-corrected chi connectivity index (χ3v) is 7.05. The fourth-order valence-corrected chi connectivity index (χ4v) is 4.48. The van der Waals surface area contributed by atoms with E-state index in [1.54, 1.807) is 25.1 Å². The summed E-state index contributed by atoms with van der Waals surface area (Å²) < 4.78 is 5.51. The Balaban J connectivity index is 1.40. The molecule has 206 valence electrons. The molecule has 1 atom stereocenters. The molecule has 41 heavy (non-hydrogen) atoms. The Labute approximate surface area is 240 Å². The van der Waals surface area contributed by atoms with Crippen molar-refractivity contribution in [3.8, 4) is 22.5 Å². The summed E-state index contributed by atoms with van der Waals surface area (Å²) in [6.07, 6.45) is -0.985. The zero-order valence-electron chi connectivity index (χ0n) is 23.9. The predicted molar refractivity (Wildman–Crippen MR) is 164 cm³/mol. The van der Waals surface area contributed by atoms with Crippen molar-refractivity contribution < 1.29 is 14.3 Å². The van der Waals surface area contributed by atoms with Crippen molar-refractivity contribution in [1.29, 1.82) is 0 Å². The zero-order chi connectivity index (χ0) is 29.1. The normalized spacial score (nSPS) is 11.9. The fraction of sp³-hybridized carbons (Fsp3) is 0.200. The molecule has 0 bridgehead atoms. The van der Waals surface area contributed by atoms with Gasteiger partial charge in [0.1, 0.15) is 0 Å². The molecule has 5 aromatic rings. The van der Waals surface area contributed by atoms with Crippen molar-refractivity contribution in [3.63, 3.8) is 0 Å². The number of aromatic nitrogens is 2. The second-order valence-electron chi connectivity index (χ2n) is 10.7. The van der Waals surface area contributed by atoms with Crippen LogP contribution in [0.4, 0.5) is 5.69 Å².